The molecule has 2 amide bonds. The number of rotatable bonds is 13. The molecule has 0 aliphatic rings. The highest BCUT2D eigenvalue weighted by Crippen LogP contribution is 2.29. The molecule has 0 unspecified atom stereocenters. The maximum atomic E-state index is 14.0. The third kappa shape index (κ3) is 7.88. The van der Waals surface area contributed by atoms with Crippen molar-refractivity contribution < 1.29 is 23.8 Å². The minimum Gasteiger partial charge on any atom is -0.497 e. The summed E-state index contributed by atoms with van der Waals surface area (Å²) in [7, 11) is 4.77. The molecule has 0 aliphatic heterocycles. The molecule has 1 atom stereocenters. The number of amides is 2. The Morgan fingerprint density at radius 1 is 0.707 bits per heavy atom. The highest BCUT2D eigenvalue weighted by atomic mass is 16.5. The third-order valence-corrected chi connectivity index (χ3v) is 6.87. The molecule has 0 radical (unpaired) electrons. The molecule has 0 saturated heterocycles. The lowest BCUT2D eigenvalue weighted by molar-refractivity contribution is -0.141. The second-order valence-corrected chi connectivity index (χ2v) is 9.58. The zero-order chi connectivity index (χ0) is 29.0. The molecule has 212 valence electrons. The van der Waals surface area contributed by atoms with Gasteiger partial charge in [-0.2, -0.15) is 0 Å². The summed E-state index contributed by atoms with van der Waals surface area (Å²) in [5.41, 5.74) is 3.51. The van der Waals surface area contributed by atoms with Gasteiger partial charge < -0.3 is 24.4 Å². The van der Waals surface area contributed by atoms with E-state index < -0.39 is 6.04 Å². The summed E-state index contributed by atoms with van der Waals surface area (Å²) in [6.45, 7) is 0.704. The molecule has 7 nitrogen and oxygen atoms in total. The number of ether oxygens (including phenoxy) is 3. The van der Waals surface area contributed by atoms with Gasteiger partial charge in [0.1, 0.15) is 11.8 Å². The van der Waals surface area contributed by atoms with Crippen LogP contribution in [0.2, 0.25) is 0 Å². The van der Waals surface area contributed by atoms with Crippen LogP contribution in [0.5, 0.6) is 17.2 Å². The number of hydrogen-bond donors (Lipinski definition) is 1. The quantitative estimate of drug-likeness (QED) is 0.241. The summed E-state index contributed by atoms with van der Waals surface area (Å²) >= 11 is 0. The fourth-order valence-electron chi connectivity index (χ4n) is 4.70. The number of carbonyl (C=O) groups excluding carboxylic acids is 2. The van der Waals surface area contributed by atoms with E-state index in [2.05, 4.69) is 5.32 Å². The summed E-state index contributed by atoms with van der Waals surface area (Å²) in [5.74, 6) is 1.50. The van der Waals surface area contributed by atoms with Gasteiger partial charge in [0.05, 0.1) is 27.8 Å². The normalized spacial score (nSPS) is 11.3. The van der Waals surface area contributed by atoms with Gasteiger partial charge in [-0.25, -0.2) is 0 Å². The lowest BCUT2D eigenvalue weighted by atomic mass is 10.0. The van der Waals surface area contributed by atoms with Crippen LogP contribution in [-0.2, 0) is 29.0 Å². The number of hydrogen-bond acceptors (Lipinski definition) is 5. The molecule has 0 fully saturated rings. The van der Waals surface area contributed by atoms with E-state index >= 15 is 0 Å². The lowest BCUT2D eigenvalue weighted by Crippen LogP contribution is -2.44. The molecule has 0 saturated carbocycles. The number of nitrogens with zero attached hydrogens (tertiary/aromatic N) is 1. The van der Waals surface area contributed by atoms with Crippen LogP contribution in [0.25, 0.3) is 0 Å². The van der Waals surface area contributed by atoms with Crippen molar-refractivity contribution in [1.29, 1.82) is 0 Å². The Hall–Kier alpha value is -4.78. The van der Waals surface area contributed by atoms with Gasteiger partial charge in [0.25, 0.3) is 0 Å². The van der Waals surface area contributed by atoms with Gasteiger partial charge in [-0.1, -0.05) is 78.9 Å². The highest BCUT2D eigenvalue weighted by Gasteiger charge is 2.31. The van der Waals surface area contributed by atoms with Crippen LogP contribution >= 0.6 is 0 Å². The average molecular weight is 553 g/mol. The van der Waals surface area contributed by atoms with Gasteiger partial charge >= 0.3 is 0 Å². The van der Waals surface area contributed by atoms with Crippen molar-refractivity contribution in [2.24, 2.45) is 0 Å². The van der Waals surface area contributed by atoms with E-state index in [-0.39, 0.29) is 24.8 Å². The van der Waals surface area contributed by atoms with E-state index in [0.717, 1.165) is 28.0 Å². The third-order valence-electron chi connectivity index (χ3n) is 6.87. The lowest BCUT2D eigenvalue weighted by Gasteiger charge is -2.32. The molecule has 41 heavy (non-hydrogen) atoms. The molecule has 0 spiro atoms. The van der Waals surface area contributed by atoms with Crippen molar-refractivity contribution >= 4 is 11.8 Å². The van der Waals surface area contributed by atoms with Crippen molar-refractivity contribution in [2.45, 2.75) is 25.4 Å². The molecule has 4 aromatic rings. The standard InChI is InChI=1S/C34H36N2O5/c1-39-29-17-14-25(15-18-29)20-21-35-34(38)33(28-12-8-5-9-13-28)36(24-26-10-6-4-7-11-26)32(37)23-27-16-19-30(40-2)31(22-27)41-3/h4-19,22,33H,20-21,23-24H2,1-3H3,(H,35,38)/t33-/m1/s1. The number of carbonyl (C=O) groups is 2. The van der Waals surface area contributed by atoms with Gasteiger partial charge in [-0.05, 0) is 52.9 Å². The van der Waals surface area contributed by atoms with E-state index in [9.17, 15) is 9.59 Å². The van der Waals surface area contributed by atoms with E-state index in [4.69, 9.17) is 14.2 Å². The minimum atomic E-state index is -0.820. The summed E-state index contributed by atoms with van der Waals surface area (Å²) in [6, 6.07) is 31.5. The number of nitrogens with one attached hydrogen (secondary N) is 1. The van der Waals surface area contributed by atoms with Crippen molar-refractivity contribution in [3.8, 4) is 17.2 Å². The Bertz CT molecular complexity index is 1410. The monoisotopic (exact) mass is 552 g/mol. The molecular weight excluding hydrogens is 516 g/mol. The SMILES string of the molecule is COc1ccc(CCNC(=O)[C@@H](c2ccccc2)N(Cc2ccccc2)C(=O)Cc2ccc(OC)c(OC)c2)cc1. The van der Waals surface area contributed by atoms with Crippen molar-refractivity contribution in [3.05, 3.63) is 125 Å². The molecule has 0 aromatic heterocycles. The van der Waals surface area contributed by atoms with Crippen molar-refractivity contribution in [1.82, 2.24) is 10.2 Å². The maximum Gasteiger partial charge on any atom is 0.247 e. The summed E-state index contributed by atoms with van der Waals surface area (Å²) < 4.78 is 16.0. The van der Waals surface area contributed by atoms with E-state index in [1.54, 1.807) is 38.4 Å². The van der Waals surface area contributed by atoms with Crippen LogP contribution < -0.4 is 19.5 Å². The molecular formula is C34H36N2O5. The summed E-state index contributed by atoms with van der Waals surface area (Å²) in [6.07, 6.45) is 0.741. The Labute approximate surface area is 241 Å². The minimum absolute atomic E-state index is 0.0929. The second-order valence-electron chi connectivity index (χ2n) is 9.58. The largest absolute Gasteiger partial charge is 0.497 e. The van der Waals surface area contributed by atoms with Crippen LogP contribution in [0.4, 0.5) is 0 Å². The zero-order valence-electron chi connectivity index (χ0n) is 23.7. The first-order valence-corrected chi connectivity index (χ1v) is 13.5. The smallest absolute Gasteiger partial charge is 0.247 e. The molecule has 0 bridgehead atoms. The predicted molar refractivity (Wildman–Crippen MR) is 159 cm³/mol. The molecule has 0 aliphatic carbocycles. The van der Waals surface area contributed by atoms with Crippen LogP contribution in [0.3, 0.4) is 0 Å². The van der Waals surface area contributed by atoms with Crippen LogP contribution in [0.15, 0.2) is 103 Å². The van der Waals surface area contributed by atoms with Gasteiger partial charge in [-0.15, -0.1) is 0 Å². The van der Waals surface area contributed by atoms with Crippen LogP contribution in [-0.4, -0.2) is 44.6 Å². The fourth-order valence-corrected chi connectivity index (χ4v) is 4.70. The second kappa shape index (κ2) is 14.6. The summed E-state index contributed by atoms with van der Waals surface area (Å²) in [5, 5.41) is 3.08. The van der Waals surface area contributed by atoms with Gasteiger partial charge in [0.15, 0.2) is 11.5 Å². The summed E-state index contributed by atoms with van der Waals surface area (Å²) in [4.78, 5) is 29.5. The van der Waals surface area contributed by atoms with Crippen molar-refractivity contribution in [3.63, 3.8) is 0 Å². The van der Waals surface area contributed by atoms with Gasteiger partial charge in [-0.3, -0.25) is 9.59 Å². The molecule has 1 N–H and O–H groups in total. The van der Waals surface area contributed by atoms with E-state index in [1.807, 2.05) is 91.0 Å². The van der Waals surface area contributed by atoms with Gasteiger partial charge in [0, 0.05) is 13.1 Å². The maximum absolute atomic E-state index is 14.0. The number of methoxy groups -OCH3 is 3. The fraction of sp³-hybridized carbons (Fsp3) is 0.235. The Balaban J connectivity index is 1.61. The first-order chi connectivity index (χ1) is 20.0. The highest BCUT2D eigenvalue weighted by molar-refractivity contribution is 5.89. The zero-order valence-corrected chi connectivity index (χ0v) is 23.7. The molecule has 4 rings (SSSR count). The van der Waals surface area contributed by atoms with Crippen molar-refractivity contribution in [2.75, 3.05) is 27.9 Å². The van der Waals surface area contributed by atoms with Crippen LogP contribution in [0.1, 0.15) is 28.3 Å². The molecule has 7 heteroatoms. The first-order valence-electron chi connectivity index (χ1n) is 13.5. The van der Waals surface area contributed by atoms with Gasteiger partial charge in [0.2, 0.25) is 11.8 Å². The van der Waals surface area contributed by atoms with E-state index in [1.165, 1.54) is 0 Å². The first kappa shape index (κ1) is 29.2. The Morgan fingerprint density at radius 2 is 1.34 bits per heavy atom. The number of benzene rings is 4. The topological polar surface area (TPSA) is 77.1 Å². The average Bonchev–Trinajstić information content (AvgIpc) is 3.02. The predicted octanol–water partition coefficient (Wildman–Crippen LogP) is 5.38. The molecule has 4 aromatic carbocycles. The Morgan fingerprint density at radius 3 is 1.98 bits per heavy atom. The van der Waals surface area contributed by atoms with E-state index in [0.29, 0.717) is 24.5 Å². The molecule has 0 heterocycles. The van der Waals surface area contributed by atoms with Crippen LogP contribution in [0, 0.1) is 0 Å². The Kier molecular flexibility index (Phi) is 10.4.